The average molecular weight is 316 g/mol. The second-order valence-electron chi connectivity index (χ2n) is 4.50. The Morgan fingerprint density at radius 2 is 2.10 bits per heavy atom. The minimum atomic E-state index is -5.23. The number of aryl methyl sites for hydroxylation is 1. The zero-order valence-electron chi connectivity index (χ0n) is 10.7. The van der Waals surface area contributed by atoms with E-state index in [0.29, 0.717) is 12.2 Å². The molecule has 2 aromatic rings. The molecule has 11 heteroatoms. The Hall–Kier alpha value is -1.58. The maximum Gasteiger partial charge on any atom is 0.278 e. The molecule has 0 aliphatic heterocycles. The maximum atomic E-state index is 11.4. The highest BCUT2D eigenvalue weighted by molar-refractivity contribution is 7.49. The molecule has 2 rings (SSSR count). The maximum absolute atomic E-state index is 11.4. The molecule has 2 atom stereocenters. The first kappa shape index (κ1) is 15.8. The van der Waals surface area contributed by atoms with Crippen molar-refractivity contribution in [3.63, 3.8) is 0 Å². The molecule has 0 aromatic carbocycles. The first-order valence-electron chi connectivity index (χ1n) is 6.07. The normalized spacial score (nSPS) is 15.2. The molecule has 21 heavy (non-hydrogen) atoms. The van der Waals surface area contributed by atoms with Crippen molar-refractivity contribution < 1.29 is 24.6 Å². The van der Waals surface area contributed by atoms with Crippen LogP contribution in [-0.4, -0.2) is 41.7 Å². The third-order valence-electron chi connectivity index (χ3n) is 2.97. The van der Waals surface area contributed by atoms with Crippen LogP contribution in [0.2, 0.25) is 0 Å². The highest BCUT2D eigenvalue weighted by Crippen LogP contribution is 2.32. The quantitative estimate of drug-likeness (QED) is 0.491. The number of H-pyrrole nitrogens is 1. The van der Waals surface area contributed by atoms with Crippen molar-refractivity contribution in [2.75, 3.05) is 0 Å². The molecule has 0 bridgehead atoms. The Kier molecular flexibility index (Phi) is 4.55. The number of rotatable bonds is 6. The summed E-state index contributed by atoms with van der Waals surface area (Å²) in [6.07, 6.45) is 1.13. The minimum Gasteiger partial charge on any atom is -0.809 e. The fraction of sp³-hybridized carbons (Fsp3) is 0.500. The number of imidazole rings is 1. The predicted octanol–water partition coefficient (Wildman–Crippen LogP) is -2.51. The third-order valence-corrected chi connectivity index (χ3v) is 3.97. The minimum absolute atomic E-state index is 0.0987. The van der Waals surface area contributed by atoms with Gasteiger partial charge in [-0.2, -0.15) is 0 Å². The van der Waals surface area contributed by atoms with Crippen LogP contribution in [0.5, 0.6) is 0 Å². The van der Waals surface area contributed by atoms with Gasteiger partial charge in [-0.25, -0.2) is 9.97 Å². The Bertz CT molecular complexity index is 722. The van der Waals surface area contributed by atoms with Gasteiger partial charge in [-0.05, 0) is 20.4 Å². The molecular formula is C10H13N4O6P-2. The van der Waals surface area contributed by atoms with Gasteiger partial charge in [0.2, 0.25) is 0 Å². The van der Waals surface area contributed by atoms with Crippen molar-refractivity contribution in [2.24, 2.45) is 0 Å². The van der Waals surface area contributed by atoms with E-state index >= 15 is 0 Å². The summed E-state index contributed by atoms with van der Waals surface area (Å²) in [6.45, 7) is 0.290. The van der Waals surface area contributed by atoms with Gasteiger partial charge < -0.3 is 34.1 Å². The summed E-state index contributed by atoms with van der Waals surface area (Å²) >= 11 is 0. The van der Waals surface area contributed by atoms with Crippen molar-refractivity contribution in [3.8, 4) is 0 Å². The topological polar surface area (TPSA) is 167 Å². The monoisotopic (exact) mass is 316 g/mol. The smallest absolute Gasteiger partial charge is 0.278 e. The van der Waals surface area contributed by atoms with E-state index in [4.69, 9.17) is 5.11 Å². The predicted molar refractivity (Wildman–Crippen MR) is 67.0 cm³/mol. The van der Waals surface area contributed by atoms with Crippen LogP contribution < -0.4 is 15.3 Å². The van der Waals surface area contributed by atoms with Crippen molar-refractivity contribution >= 4 is 18.8 Å². The molecule has 0 radical (unpaired) electrons. The molecule has 2 heterocycles. The summed E-state index contributed by atoms with van der Waals surface area (Å²) in [5.74, 6) is -2.32. The molecule has 2 unspecified atom stereocenters. The number of aromatic amines is 1. The SMILES string of the molecule is O=c1[nH]cnc2c1ncn2CCCC(O)C(O)P(=O)([O-])[O-]. The van der Waals surface area contributed by atoms with Crippen LogP contribution in [0, 0.1) is 0 Å². The first-order chi connectivity index (χ1) is 9.80. The van der Waals surface area contributed by atoms with Crippen LogP contribution in [0.1, 0.15) is 12.8 Å². The van der Waals surface area contributed by atoms with Crippen molar-refractivity contribution in [3.05, 3.63) is 23.0 Å². The first-order valence-corrected chi connectivity index (χ1v) is 7.68. The van der Waals surface area contributed by atoms with Gasteiger partial charge >= 0.3 is 0 Å². The van der Waals surface area contributed by atoms with Crippen LogP contribution in [0.25, 0.3) is 11.2 Å². The molecule has 0 aliphatic rings. The Balaban J connectivity index is 1.99. The van der Waals surface area contributed by atoms with E-state index in [1.54, 1.807) is 4.57 Å². The molecule has 10 nitrogen and oxygen atoms in total. The van der Waals surface area contributed by atoms with Gasteiger partial charge in [0.05, 0.1) is 18.8 Å². The van der Waals surface area contributed by atoms with E-state index in [9.17, 15) is 24.3 Å². The highest BCUT2D eigenvalue weighted by Gasteiger charge is 2.19. The second kappa shape index (κ2) is 6.04. The summed E-state index contributed by atoms with van der Waals surface area (Å²) in [5.41, 5.74) is 0.140. The number of aromatic nitrogens is 4. The summed E-state index contributed by atoms with van der Waals surface area (Å²) in [7, 11) is -5.23. The highest BCUT2D eigenvalue weighted by atomic mass is 31.2. The molecule has 2 aromatic heterocycles. The number of aliphatic hydroxyl groups is 2. The number of hydrogen-bond donors (Lipinski definition) is 3. The molecule has 0 amide bonds. The fourth-order valence-corrected chi connectivity index (χ4v) is 2.46. The van der Waals surface area contributed by atoms with Crippen LogP contribution >= 0.6 is 7.60 Å². The van der Waals surface area contributed by atoms with E-state index in [-0.39, 0.29) is 23.9 Å². The largest absolute Gasteiger partial charge is 0.809 e. The molecule has 0 fully saturated rings. The van der Waals surface area contributed by atoms with Crippen molar-refractivity contribution in [2.45, 2.75) is 31.3 Å². The van der Waals surface area contributed by atoms with Crippen LogP contribution in [0.4, 0.5) is 0 Å². The van der Waals surface area contributed by atoms with Gasteiger partial charge in [-0.15, -0.1) is 0 Å². The zero-order chi connectivity index (χ0) is 15.6. The van der Waals surface area contributed by atoms with Crippen LogP contribution in [0.3, 0.4) is 0 Å². The molecular weight excluding hydrogens is 303 g/mol. The fourth-order valence-electron chi connectivity index (χ4n) is 1.89. The van der Waals surface area contributed by atoms with Gasteiger partial charge in [0.25, 0.3) is 5.56 Å². The lowest BCUT2D eigenvalue weighted by molar-refractivity contribution is -0.325. The van der Waals surface area contributed by atoms with E-state index in [1.807, 2.05) is 0 Å². The number of hydrogen-bond acceptors (Lipinski definition) is 8. The van der Waals surface area contributed by atoms with Gasteiger partial charge in [-0.1, -0.05) is 0 Å². The average Bonchev–Trinajstić information content (AvgIpc) is 2.81. The lowest BCUT2D eigenvalue weighted by atomic mass is 10.2. The number of fused-ring (bicyclic) bond motifs is 1. The van der Waals surface area contributed by atoms with E-state index in [0.717, 1.165) is 0 Å². The van der Waals surface area contributed by atoms with Gasteiger partial charge in [-0.3, -0.25) is 4.79 Å². The van der Waals surface area contributed by atoms with Gasteiger partial charge in [0.1, 0.15) is 5.85 Å². The summed E-state index contributed by atoms with van der Waals surface area (Å²) in [6, 6.07) is 0. The Labute approximate surface area is 118 Å². The van der Waals surface area contributed by atoms with Crippen LogP contribution in [0.15, 0.2) is 17.4 Å². The Morgan fingerprint density at radius 3 is 2.76 bits per heavy atom. The van der Waals surface area contributed by atoms with Crippen LogP contribution in [-0.2, 0) is 11.1 Å². The molecule has 3 N–H and O–H groups in total. The number of nitrogens with one attached hydrogen (secondary N) is 1. The summed E-state index contributed by atoms with van der Waals surface area (Å²) in [5, 5.41) is 18.5. The summed E-state index contributed by atoms with van der Waals surface area (Å²) < 4.78 is 12.1. The molecule has 0 spiro atoms. The van der Waals surface area contributed by atoms with Crippen molar-refractivity contribution in [1.29, 1.82) is 0 Å². The Morgan fingerprint density at radius 1 is 1.38 bits per heavy atom. The van der Waals surface area contributed by atoms with E-state index < -0.39 is 19.5 Å². The molecule has 0 saturated heterocycles. The van der Waals surface area contributed by atoms with Crippen molar-refractivity contribution in [1.82, 2.24) is 19.5 Å². The van der Waals surface area contributed by atoms with E-state index in [2.05, 4.69) is 15.0 Å². The standard InChI is InChI=1S/C10H15N4O6P/c15-6(10(17)21(18,19)20)2-1-3-14-5-13-7-8(14)11-4-12-9(7)16/h4-6,10,15,17H,1-3H2,(H,11,12,16)(H2,18,19,20)/p-2. The summed E-state index contributed by atoms with van der Waals surface area (Å²) in [4.78, 5) is 42.8. The second-order valence-corrected chi connectivity index (χ2v) is 6.11. The lowest BCUT2D eigenvalue weighted by Gasteiger charge is -2.37. The molecule has 0 saturated carbocycles. The number of aliphatic hydroxyl groups excluding tert-OH is 2. The zero-order valence-corrected chi connectivity index (χ0v) is 11.6. The molecule has 116 valence electrons. The van der Waals surface area contributed by atoms with Gasteiger partial charge in [0, 0.05) is 6.54 Å². The number of nitrogens with zero attached hydrogens (tertiary/aromatic N) is 3. The van der Waals surface area contributed by atoms with E-state index in [1.165, 1.54) is 12.7 Å². The van der Waals surface area contributed by atoms with Gasteiger partial charge in [0.15, 0.2) is 11.2 Å². The lowest BCUT2D eigenvalue weighted by Crippen LogP contribution is -2.35. The third kappa shape index (κ3) is 3.55. The molecule has 0 aliphatic carbocycles.